The summed E-state index contributed by atoms with van der Waals surface area (Å²) in [6.07, 6.45) is 1.75. The Morgan fingerprint density at radius 2 is 1.59 bits per heavy atom. The third kappa shape index (κ3) is 8.68. The van der Waals surface area contributed by atoms with Gasteiger partial charge in [0.05, 0.1) is 38.0 Å². The van der Waals surface area contributed by atoms with Crippen LogP contribution in [0, 0.1) is 29.5 Å². The highest BCUT2D eigenvalue weighted by Crippen LogP contribution is 2.44. The summed E-state index contributed by atoms with van der Waals surface area (Å²) in [5.41, 5.74) is 1.66. The van der Waals surface area contributed by atoms with Crippen molar-refractivity contribution in [2.45, 2.75) is 78.4 Å². The van der Waals surface area contributed by atoms with Crippen LogP contribution in [0.1, 0.15) is 64.6 Å². The molecule has 0 radical (unpaired) electrons. The highest BCUT2D eigenvalue weighted by Gasteiger charge is 2.38. The van der Waals surface area contributed by atoms with E-state index in [9.17, 15) is 19.2 Å². The Labute approximate surface area is 361 Å². The number of amides is 4. The minimum atomic E-state index is -0.915. The first-order chi connectivity index (χ1) is 30.1. The Kier molecular flexibility index (Phi) is 12.8. The first kappa shape index (κ1) is 44.3. The number of nitrogens with zero attached hydrogens (tertiary/aromatic N) is 5. The van der Waals surface area contributed by atoms with Gasteiger partial charge in [0.2, 0.25) is 23.7 Å². The third-order valence-corrected chi connectivity index (χ3v) is 11.4. The second-order valence-corrected chi connectivity index (χ2v) is 16.2. The number of ether oxygens (including phenoxy) is 3. The second-order valence-electron chi connectivity index (χ2n) is 16.2. The van der Waals surface area contributed by atoms with Gasteiger partial charge >= 0.3 is 12.2 Å². The van der Waals surface area contributed by atoms with Crippen molar-refractivity contribution in [3.63, 3.8) is 0 Å². The molecule has 334 valence electrons. The summed E-state index contributed by atoms with van der Waals surface area (Å²) >= 11 is 0. The van der Waals surface area contributed by atoms with Gasteiger partial charge in [-0.2, -0.15) is 8.78 Å². The molecule has 1 saturated heterocycles. The number of H-pyrrole nitrogens is 2. The number of imidazole rings is 2. The van der Waals surface area contributed by atoms with Crippen LogP contribution in [-0.2, 0) is 32.3 Å². The van der Waals surface area contributed by atoms with Gasteiger partial charge in [-0.15, -0.1) is 6.58 Å². The summed E-state index contributed by atoms with van der Waals surface area (Å²) in [5, 5.41) is 5.35. The Balaban J connectivity index is 1.13. The number of aromatic nitrogens is 5. The van der Waals surface area contributed by atoms with Gasteiger partial charge in [0.1, 0.15) is 40.9 Å². The summed E-state index contributed by atoms with van der Waals surface area (Å²) in [4.78, 5) is 68.6. The number of alkyl carbamates (subject to hydrolysis) is 2. The molecule has 19 heteroatoms. The number of carbonyl (C=O) groups is 4. The number of hydrogen-bond acceptors (Lipinski definition) is 9. The van der Waals surface area contributed by atoms with Crippen molar-refractivity contribution in [3.8, 4) is 39.5 Å². The Morgan fingerprint density at radius 1 is 0.937 bits per heavy atom. The lowest BCUT2D eigenvalue weighted by atomic mass is 10.0. The average molecular weight is 874 g/mol. The number of benzene rings is 2. The molecular formula is C44H50F3N9O7. The molecule has 16 nitrogen and oxygen atoms in total. The molecule has 3 atom stereocenters. The Hall–Kier alpha value is -6.79. The van der Waals surface area contributed by atoms with Crippen molar-refractivity contribution >= 4 is 34.9 Å². The zero-order chi connectivity index (χ0) is 45.3. The minimum Gasteiger partial charge on any atom is -0.472 e. The van der Waals surface area contributed by atoms with Crippen LogP contribution in [0.25, 0.3) is 44.7 Å². The van der Waals surface area contributed by atoms with Gasteiger partial charge in [0.15, 0.2) is 12.5 Å². The standard InChI is InChI=1S/C44H50F3N9O7/c1-8-9-16-54(41(57)33(22(2)3)51-43(59)61-6)20-31-48-35(38(46)49-31)24-13-15-28-27(18-24)32(45)37-26-14-12-25(19-30(26)63-21-56(28)37)36-39(47)53-40(50-36)29-11-10-17-55(29)42(58)34(23(4)5)52-44(60)62-7/h8,12-15,18-19,22-23,29,33-34H,1,9-11,16-17,20-21H2,2-7H3,(H,48,49)(H,50,53)(H,51,59)(H,52,60). The van der Waals surface area contributed by atoms with Crippen LogP contribution in [0.5, 0.6) is 5.75 Å². The van der Waals surface area contributed by atoms with E-state index in [-0.39, 0.29) is 83.0 Å². The van der Waals surface area contributed by atoms with Gasteiger partial charge in [-0.1, -0.05) is 45.9 Å². The number of halogens is 3. The lowest BCUT2D eigenvalue weighted by Crippen LogP contribution is -2.51. The first-order valence-electron chi connectivity index (χ1n) is 20.6. The van der Waals surface area contributed by atoms with E-state index < -0.39 is 53.9 Å². The number of likely N-dealkylation sites (tertiary alicyclic amines) is 1. The number of hydrogen-bond donors (Lipinski definition) is 4. The van der Waals surface area contributed by atoms with Gasteiger partial charge < -0.3 is 49.2 Å². The molecular weight excluding hydrogens is 824 g/mol. The SMILES string of the molecule is C=CCCN(Cc1nc(-c2ccc3c(c2)c(F)c2n3COc3cc(-c4nc(C5CCCN5C(=O)C(NC(=O)OC)C(C)C)[nH]c4F)ccc3-2)c(F)[nH]1)C(=O)C(NC(=O)OC)C(C)C. The number of fused-ring (bicyclic) bond motifs is 5. The molecule has 7 rings (SSSR count). The van der Waals surface area contributed by atoms with E-state index in [1.54, 1.807) is 73.6 Å². The molecule has 3 unspecified atom stereocenters. The average Bonchev–Trinajstić information content (AvgIpc) is 4.06. The summed E-state index contributed by atoms with van der Waals surface area (Å²) in [6.45, 7) is 11.3. The number of nitrogens with one attached hydrogen (secondary N) is 4. The zero-order valence-corrected chi connectivity index (χ0v) is 35.8. The van der Waals surface area contributed by atoms with Gasteiger partial charge in [-0.05, 0) is 55.4 Å². The monoisotopic (exact) mass is 873 g/mol. The highest BCUT2D eigenvalue weighted by atomic mass is 19.1. The molecule has 5 heterocycles. The number of rotatable bonds is 14. The summed E-state index contributed by atoms with van der Waals surface area (Å²) in [6, 6.07) is 7.22. The molecule has 0 saturated carbocycles. The van der Waals surface area contributed by atoms with E-state index in [2.05, 4.69) is 37.1 Å². The molecule has 63 heavy (non-hydrogen) atoms. The van der Waals surface area contributed by atoms with Crippen molar-refractivity contribution in [1.82, 2.24) is 44.9 Å². The lowest BCUT2D eigenvalue weighted by Gasteiger charge is -2.29. The van der Waals surface area contributed by atoms with Crippen molar-refractivity contribution in [1.29, 1.82) is 0 Å². The second kappa shape index (κ2) is 18.3. The lowest BCUT2D eigenvalue weighted by molar-refractivity contribution is -0.136. The summed E-state index contributed by atoms with van der Waals surface area (Å²) in [7, 11) is 2.42. The molecule has 5 aromatic rings. The van der Waals surface area contributed by atoms with E-state index in [4.69, 9.17) is 14.2 Å². The quantitative estimate of drug-likeness (QED) is 0.0838. The predicted octanol–water partition coefficient (Wildman–Crippen LogP) is 7.19. The maximum absolute atomic E-state index is 16.6. The van der Waals surface area contributed by atoms with Crippen LogP contribution >= 0.6 is 0 Å². The largest absolute Gasteiger partial charge is 0.472 e. The van der Waals surface area contributed by atoms with Gasteiger partial charge in [0, 0.05) is 35.2 Å². The molecule has 0 aliphatic carbocycles. The number of methoxy groups -OCH3 is 2. The van der Waals surface area contributed by atoms with Gasteiger partial charge in [0.25, 0.3) is 0 Å². The van der Waals surface area contributed by atoms with E-state index in [1.165, 1.54) is 25.2 Å². The van der Waals surface area contributed by atoms with Crippen molar-refractivity contribution in [2.24, 2.45) is 11.8 Å². The molecule has 3 aromatic heterocycles. The van der Waals surface area contributed by atoms with Crippen molar-refractivity contribution in [3.05, 3.63) is 78.4 Å². The molecule has 0 spiro atoms. The van der Waals surface area contributed by atoms with Crippen LogP contribution in [-0.4, -0.2) is 97.7 Å². The summed E-state index contributed by atoms with van der Waals surface area (Å²) < 4.78 is 65.0. The van der Waals surface area contributed by atoms with Crippen molar-refractivity contribution in [2.75, 3.05) is 27.3 Å². The smallest absolute Gasteiger partial charge is 0.407 e. The topological polar surface area (TPSA) is 189 Å². The van der Waals surface area contributed by atoms with Crippen LogP contribution in [0.15, 0.2) is 49.1 Å². The van der Waals surface area contributed by atoms with Crippen LogP contribution in [0.3, 0.4) is 0 Å². The molecule has 4 amide bonds. The van der Waals surface area contributed by atoms with Crippen LogP contribution < -0.4 is 15.4 Å². The zero-order valence-electron chi connectivity index (χ0n) is 35.8. The predicted molar refractivity (Wildman–Crippen MR) is 225 cm³/mol. The maximum atomic E-state index is 16.6. The fourth-order valence-corrected chi connectivity index (χ4v) is 8.14. The minimum absolute atomic E-state index is 0.00813. The third-order valence-electron chi connectivity index (χ3n) is 11.4. The van der Waals surface area contributed by atoms with Gasteiger partial charge in [-0.3, -0.25) is 9.59 Å². The van der Waals surface area contributed by atoms with Gasteiger partial charge in [-0.25, -0.2) is 23.9 Å². The van der Waals surface area contributed by atoms with Crippen LogP contribution in [0.2, 0.25) is 0 Å². The first-order valence-corrected chi connectivity index (χ1v) is 20.6. The van der Waals surface area contributed by atoms with Crippen LogP contribution in [0.4, 0.5) is 22.8 Å². The summed E-state index contributed by atoms with van der Waals surface area (Å²) in [5.74, 6) is -2.68. The van der Waals surface area contributed by atoms with Crippen molar-refractivity contribution < 1.29 is 46.6 Å². The van der Waals surface area contributed by atoms with E-state index in [0.717, 1.165) is 0 Å². The fourth-order valence-electron chi connectivity index (χ4n) is 8.14. The normalized spacial score (nSPS) is 15.4. The van der Waals surface area contributed by atoms with E-state index in [0.29, 0.717) is 42.5 Å². The Morgan fingerprint density at radius 3 is 2.27 bits per heavy atom. The molecule has 2 aliphatic heterocycles. The van der Waals surface area contributed by atoms with E-state index >= 15 is 13.2 Å². The molecule has 2 aromatic carbocycles. The molecule has 2 aliphatic rings. The number of carbonyl (C=O) groups excluding carboxylic acids is 4. The fraction of sp³-hybridized carbons (Fsp3) is 0.409. The molecule has 0 bridgehead atoms. The van der Waals surface area contributed by atoms with E-state index in [1.807, 2.05) is 0 Å². The molecule has 1 fully saturated rings. The Bertz CT molecular complexity index is 2570. The molecule has 4 N–H and O–H groups in total. The maximum Gasteiger partial charge on any atom is 0.407 e. The highest BCUT2D eigenvalue weighted by molar-refractivity contribution is 5.93. The number of aromatic amines is 2.